The average molecular weight is 1690 g/mol. The van der Waals surface area contributed by atoms with Crippen molar-refractivity contribution in [2.24, 2.45) is 50.2 Å². The number of allylic oxidation sites excluding steroid dienone is 2. The Morgan fingerprint density at radius 3 is 1.38 bits per heavy atom. The van der Waals surface area contributed by atoms with E-state index in [4.69, 9.17) is 75.8 Å². The molecule has 0 bridgehead atoms. The first-order valence-electron chi connectivity index (χ1n) is 41.0. The van der Waals surface area contributed by atoms with E-state index in [1.807, 2.05) is 0 Å². The zero-order valence-corrected chi connectivity index (χ0v) is 66.9. The fourth-order valence-electron chi connectivity index (χ4n) is 22.1. The van der Waals surface area contributed by atoms with Gasteiger partial charge in [-0.1, -0.05) is 60.1 Å². The summed E-state index contributed by atoms with van der Waals surface area (Å²) in [5, 5.41) is 253. The molecule has 12 fully saturated rings. The maximum absolute atomic E-state index is 15.5. The minimum Gasteiger partial charge on any atom is -0.432 e. The van der Waals surface area contributed by atoms with Crippen LogP contribution in [0.3, 0.4) is 0 Å². The van der Waals surface area contributed by atoms with Crippen LogP contribution in [0.5, 0.6) is 0 Å². The Morgan fingerprint density at radius 1 is 0.385 bits per heavy atom. The third kappa shape index (κ3) is 16.4. The molecule has 0 aromatic heterocycles. The van der Waals surface area contributed by atoms with E-state index in [-0.39, 0.29) is 34.0 Å². The van der Waals surface area contributed by atoms with Crippen molar-refractivity contribution in [1.82, 2.24) is 0 Å². The minimum absolute atomic E-state index is 0.0470. The predicted molar refractivity (Wildman–Crippen MR) is 385 cm³/mol. The second-order valence-corrected chi connectivity index (χ2v) is 37.0. The molecule has 5 aliphatic carbocycles. The minimum atomic E-state index is -2.18. The molecule has 40 nitrogen and oxygen atoms in total. The monoisotopic (exact) mass is 1690 g/mol. The molecule has 4 saturated carbocycles. The van der Waals surface area contributed by atoms with Crippen molar-refractivity contribution in [1.29, 1.82) is 0 Å². The lowest BCUT2D eigenvalue weighted by atomic mass is 9.33. The lowest BCUT2D eigenvalue weighted by molar-refractivity contribution is -0.404. The Kier molecular flexibility index (Phi) is 28.0. The van der Waals surface area contributed by atoms with Crippen molar-refractivity contribution >= 4 is 5.97 Å². The summed E-state index contributed by atoms with van der Waals surface area (Å²) in [6.07, 6.45) is -62.1. The van der Waals surface area contributed by atoms with Crippen LogP contribution in [0.4, 0.5) is 0 Å². The standard InChI is InChI=1S/C77H126O40/c1-27-40(84)45(89)51(95)64(103-27)111-57-34(23-80)107-66(53(97)47(57)91)112-58-36(25-82)109-68(55(99)49(58)93)117-71(101)77-18-16-72(3,4)20-30(77)29-10-11-38-74(7)14-13-39(73(5,6)37(74)12-15-76(38,9)75(29,8)17-19-77)110-70-62(116-65-52(96)46(90)43(87)32(21-78)105-65)61(41(85)28(2)104-70)115-67-54(98)48(92)59(35(24-81)108-67)113-69-56(100)60(44(88)33(22-79)106-69)114-63-50(94)42(86)31(83)26-102-63/h10,27-28,30-70,78-100H,11-26H2,1-9H3/t27-,28-,30-,31+,32+,33+,34+,35+,36+,37-,38+,39-,40-,41-,42-,43+,44-,45+,46-,47+,48+,49+,50+,51+,52+,53+,54+,55+,56+,57+,58+,59+,60-,61+,62+,63-,64-,65-,66-,67-,68-,69-,70-,74-,75+,76+,77-/m0/s1. The van der Waals surface area contributed by atoms with Gasteiger partial charge in [-0.25, -0.2) is 0 Å². The fraction of sp³-hybridized carbons (Fsp3) is 0.961. The maximum atomic E-state index is 15.5. The summed E-state index contributed by atoms with van der Waals surface area (Å²) in [4.78, 5) is 15.5. The number of esters is 1. The molecule has 8 heterocycles. The van der Waals surface area contributed by atoms with E-state index < -0.39 is 308 Å². The van der Waals surface area contributed by atoms with Gasteiger partial charge in [0.1, 0.15) is 177 Å². The van der Waals surface area contributed by atoms with Gasteiger partial charge in [-0.15, -0.1) is 0 Å². The Hall–Kier alpha value is -2.31. The van der Waals surface area contributed by atoms with Gasteiger partial charge < -0.3 is 193 Å². The summed E-state index contributed by atoms with van der Waals surface area (Å²) in [5.74, 6) is -1.06. The van der Waals surface area contributed by atoms with Crippen LogP contribution in [-0.4, -0.2) is 409 Å². The average Bonchev–Trinajstić information content (AvgIpc) is 0.673. The van der Waals surface area contributed by atoms with Crippen molar-refractivity contribution in [3.05, 3.63) is 11.6 Å². The molecule has 13 rings (SSSR count). The van der Waals surface area contributed by atoms with Crippen LogP contribution >= 0.6 is 0 Å². The summed E-state index contributed by atoms with van der Waals surface area (Å²) < 4.78 is 96.5. The van der Waals surface area contributed by atoms with Crippen LogP contribution < -0.4 is 0 Å². The number of aliphatic hydroxyl groups is 23. The van der Waals surface area contributed by atoms with Crippen molar-refractivity contribution < 1.29 is 198 Å². The molecule has 40 heteroatoms. The number of carbonyl (C=O) groups excluding carboxylic acids is 1. The number of hydrogen-bond donors (Lipinski definition) is 23. The van der Waals surface area contributed by atoms with E-state index in [0.29, 0.717) is 57.8 Å². The summed E-state index contributed by atoms with van der Waals surface area (Å²) in [5.41, 5.74) is -2.27. The van der Waals surface area contributed by atoms with Crippen LogP contribution in [0.1, 0.15) is 127 Å². The van der Waals surface area contributed by atoms with E-state index in [1.165, 1.54) is 13.8 Å². The van der Waals surface area contributed by atoms with Gasteiger partial charge in [0, 0.05) is 0 Å². The van der Waals surface area contributed by atoms with Gasteiger partial charge in [0.05, 0.1) is 63.4 Å². The van der Waals surface area contributed by atoms with E-state index in [9.17, 15) is 117 Å². The van der Waals surface area contributed by atoms with Gasteiger partial charge in [-0.3, -0.25) is 4.79 Å². The molecule has 0 aromatic rings. The number of fused-ring (bicyclic) bond motifs is 7. The number of aliphatic hydroxyl groups excluding tert-OH is 23. The van der Waals surface area contributed by atoms with Gasteiger partial charge in [-0.2, -0.15) is 0 Å². The molecule has 0 aromatic carbocycles. The largest absolute Gasteiger partial charge is 0.432 e. The number of ether oxygens (including phenoxy) is 16. The van der Waals surface area contributed by atoms with Crippen LogP contribution in [0.25, 0.3) is 0 Å². The maximum Gasteiger partial charge on any atom is 0.315 e. The first kappa shape index (κ1) is 92.4. The zero-order chi connectivity index (χ0) is 85.3. The molecule has 0 amide bonds. The van der Waals surface area contributed by atoms with Gasteiger partial charge >= 0.3 is 5.97 Å². The molecule has 674 valence electrons. The smallest absolute Gasteiger partial charge is 0.315 e. The second kappa shape index (κ2) is 35.5. The quantitative estimate of drug-likeness (QED) is 0.0288. The highest BCUT2D eigenvalue weighted by molar-refractivity contribution is 5.79. The summed E-state index contributed by atoms with van der Waals surface area (Å²) in [6, 6.07) is 0. The highest BCUT2D eigenvalue weighted by atomic mass is 16.8. The van der Waals surface area contributed by atoms with Crippen molar-refractivity contribution in [3.63, 3.8) is 0 Å². The SMILES string of the molecule is C[C@@H]1O[C@@H](O[C@H]2[C@H](O)[C@@H](O)[C@H](O[C@H]3[C@H](O)[C@@H](O)[C@H](OC(=O)[C@]45CCC(C)(C)C[C@H]4C4=CC[C@@H]6[C@@]7(C)CC[C@H](O[C@@H]8O[C@@H](C)[C@H](O)[C@@H](O[C@@H]9O[C@H](CO)[C@@H](O[C@@H]%10O[C@H](CO)[C@H](O)[C@H](O[C@@H]%11OC[C@@H](O)[C@H](O)[C@H]%11O)[C@H]%10O)[C@H](O)[C@H]9O)[C@H]8O[C@@H]8O[C@H](CO)[C@@H](O)[C@H](O)[C@H]8O)C(C)(C)[C@@H]7CC[C@@]6(C)[C@]4(C)CC5)O[C@@H]3CO)O[C@@H]2CO)[C@H](O)[C@H](O)[C@H]1O. The molecule has 0 spiro atoms. The van der Waals surface area contributed by atoms with Crippen LogP contribution in [0, 0.1) is 50.2 Å². The Labute approximate surface area is 675 Å². The number of hydrogen-bond acceptors (Lipinski definition) is 40. The lowest BCUT2D eigenvalue weighted by Gasteiger charge is -2.71. The summed E-state index contributed by atoms with van der Waals surface area (Å²) in [6.45, 7) is 13.3. The summed E-state index contributed by atoms with van der Waals surface area (Å²) >= 11 is 0. The Balaban J connectivity index is 0.704. The van der Waals surface area contributed by atoms with Crippen LogP contribution in [0.2, 0.25) is 0 Å². The van der Waals surface area contributed by atoms with Gasteiger partial charge in [0.25, 0.3) is 0 Å². The first-order valence-corrected chi connectivity index (χ1v) is 41.0. The zero-order valence-electron chi connectivity index (χ0n) is 66.9. The lowest BCUT2D eigenvalue weighted by Crippen LogP contribution is -2.68. The molecule has 8 aliphatic heterocycles. The Bertz CT molecular complexity index is 3340. The molecule has 23 N–H and O–H groups in total. The molecule has 13 aliphatic rings. The van der Waals surface area contributed by atoms with Crippen molar-refractivity contribution in [3.8, 4) is 0 Å². The first-order chi connectivity index (χ1) is 55.0. The normalized spacial score (nSPS) is 54.5. The second-order valence-electron chi connectivity index (χ2n) is 37.0. The number of carbonyl (C=O) groups is 1. The molecule has 117 heavy (non-hydrogen) atoms. The Morgan fingerprint density at radius 2 is 0.821 bits per heavy atom. The number of rotatable bonds is 21. The molecule has 0 unspecified atom stereocenters. The van der Waals surface area contributed by atoms with Gasteiger partial charge in [0.15, 0.2) is 44.0 Å². The fourth-order valence-corrected chi connectivity index (χ4v) is 22.1. The third-order valence-electron chi connectivity index (χ3n) is 29.4. The molecule has 8 saturated heterocycles. The predicted octanol–water partition coefficient (Wildman–Crippen LogP) is -8.04. The molecule has 47 atom stereocenters. The van der Waals surface area contributed by atoms with E-state index >= 15 is 4.79 Å². The van der Waals surface area contributed by atoms with E-state index in [1.54, 1.807) is 0 Å². The summed E-state index contributed by atoms with van der Waals surface area (Å²) in [7, 11) is 0. The molecule has 0 radical (unpaired) electrons. The van der Waals surface area contributed by atoms with Crippen molar-refractivity contribution in [2.75, 3.05) is 39.6 Å². The molecular formula is C77H126O40. The topological polar surface area (TPSA) is 630 Å². The van der Waals surface area contributed by atoms with E-state index in [2.05, 4.69) is 54.5 Å². The van der Waals surface area contributed by atoms with Crippen molar-refractivity contribution in [2.45, 2.75) is 372 Å². The van der Waals surface area contributed by atoms with Gasteiger partial charge in [-0.05, 0) is 123 Å². The molecular weight excluding hydrogens is 1560 g/mol. The highest BCUT2D eigenvalue weighted by Gasteiger charge is 2.71. The van der Waals surface area contributed by atoms with Crippen LogP contribution in [-0.2, 0) is 80.6 Å². The van der Waals surface area contributed by atoms with Gasteiger partial charge in [0.2, 0.25) is 6.29 Å². The van der Waals surface area contributed by atoms with Crippen LogP contribution in [0.15, 0.2) is 11.6 Å². The van der Waals surface area contributed by atoms with E-state index in [0.717, 1.165) is 12.0 Å². The third-order valence-corrected chi connectivity index (χ3v) is 29.4. The highest BCUT2D eigenvalue weighted by Crippen LogP contribution is 2.76.